The Kier molecular flexibility index (Phi) is 4.41. The molecule has 0 atom stereocenters. The van der Waals surface area contributed by atoms with Gasteiger partial charge in [-0.15, -0.1) is 0 Å². The fourth-order valence-corrected chi connectivity index (χ4v) is 3.07. The van der Waals surface area contributed by atoms with Crippen LogP contribution in [0.2, 0.25) is 10.0 Å². The quantitative estimate of drug-likeness (QED) is 0.684. The SMILES string of the molecule is O=C1CC(c2cccc(-c3ccncn3)c2)=Nc2cc(Cl)c(Cl)cc2N1. The van der Waals surface area contributed by atoms with Crippen molar-refractivity contribution in [2.24, 2.45) is 4.99 Å². The number of benzene rings is 2. The van der Waals surface area contributed by atoms with Crippen LogP contribution in [0.1, 0.15) is 12.0 Å². The Balaban J connectivity index is 1.80. The lowest BCUT2D eigenvalue weighted by Crippen LogP contribution is -2.15. The first-order valence-electron chi connectivity index (χ1n) is 7.83. The number of nitrogens with one attached hydrogen (secondary N) is 1. The minimum atomic E-state index is -0.159. The van der Waals surface area contributed by atoms with Crippen LogP contribution >= 0.6 is 23.2 Å². The molecule has 0 unspecified atom stereocenters. The summed E-state index contributed by atoms with van der Waals surface area (Å²) in [5.74, 6) is -0.159. The van der Waals surface area contributed by atoms with Crippen molar-refractivity contribution >= 4 is 46.2 Å². The number of carbonyl (C=O) groups is 1. The van der Waals surface area contributed by atoms with Gasteiger partial charge in [0.1, 0.15) is 6.33 Å². The van der Waals surface area contributed by atoms with Crippen LogP contribution in [0, 0.1) is 0 Å². The number of hydrogen-bond acceptors (Lipinski definition) is 4. The molecule has 2 aromatic carbocycles. The van der Waals surface area contributed by atoms with Gasteiger partial charge in [0.25, 0.3) is 0 Å². The highest BCUT2D eigenvalue weighted by atomic mass is 35.5. The third kappa shape index (κ3) is 3.31. The number of carbonyl (C=O) groups excluding carboxylic acids is 1. The van der Waals surface area contributed by atoms with Gasteiger partial charge in [0.05, 0.1) is 39.2 Å². The van der Waals surface area contributed by atoms with Crippen LogP contribution in [0.15, 0.2) is 60.0 Å². The number of halogens is 2. The fourth-order valence-electron chi connectivity index (χ4n) is 2.75. The average molecular weight is 383 g/mol. The molecule has 2 heterocycles. The van der Waals surface area contributed by atoms with Gasteiger partial charge in [-0.3, -0.25) is 9.79 Å². The number of fused-ring (bicyclic) bond motifs is 1. The fraction of sp³-hybridized carbons (Fsp3) is 0.0526. The van der Waals surface area contributed by atoms with Gasteiger partial charge in [-0.25, -0.2) is 9.97 Å². The Morgan fingerprint density at radius 2 is 1.81 bits per heavy atom. The molecule has 0 aliphatic carbocycles. The van der Waals surface area contributed by atoms with E-state index >= 15 is 0 Å². The number of rotatable bonds is 2. The molecular weight excluding hydrogens is 371 g/mol. The Morgan fingerprint density at radius 3 is 2.62 bits per heavy atom. The molecule has 0 spiro atoms. The van der Waals surface area contributed by atoms with E-state index in [1.807, 2.05) is 30.3 Å². The monoisotopic (exact) mass is 382 g/mol. The van der Waals surface area contributed by atoms with E-state index in [1.165, 1.54) is 6.33 Å². The molecular formula is C19H12Cl2N4O. The Bertz CT molecular complexity index is 1030. The van der Waals surface area contributed by atoms with Crippen molar-refractivity contribution in [3.8, 4) is 11.3 Å². The molecule has 128 valence electrons. The maximum atomic E-state index is 12.3. The van der Waals surface area contributed by atoms with E-state index in [0.29, 0.717) is 27.1 Å². The zero-order valence-electron chi connectivity index (χ0n) is 13.4. The van der Waals surface area contributed by atoms with E-state index in [1.54, 1.807) is 18.3 Å². The van der Waals surface area contributed by atoms with Gasteiger partial charge < -0.3 is 5.32 Å². The standard InChI is InChI=1S/C19H12Cl2N4O/c20-13-7-17-18(8-14(13)21)25-19(26)9-16(24-17)12-3-1-2-11(6-12)15-4-5-22-10-23-15/h1-8,10H,9H2,(H,25,26). The van der Waals surface area contributed by atoms with Crippen molar-refractivity contribution in [3.05, 3.63) is 70.6 Å². The molecule has 1 aromatic heterocycles. The van der Waals surface area contributed by atoms with E-state index < -0.39 is 0 Å². The van der Waals surface area contributed by atoms with Crippen LogP contribution in [-0.4, -0.2) is 21.6 Å². The van der Waals surface area contributed by atoms with Crippen molar-refractivity contribution in [2.75, 3.05) is 5.32 Å². The first-order valence-corrected chi connectivity index (χ1v) is 8.59. The lowest BCUT2D eigenvalue weighted by Gasteiger charge is -2.07. The van der Waals surface area contributed by atoms with Crippen LogP contribution in [0.4, 0.5) is 11.4 Å². The second kappa shape index (κ2) is 6.86. The molecule has 1 aliphatic rings. The summed E-state index contributed by atoms with van der Waals surface area (Å²) in [5, 5.41) is 3.58. The topological polar surface area (TPSA) is 67.2 Å². The molecule has 0 bridgehead atoms. The van der Waals surface area contributed by atoms with Crippen molar-refractivity contribution in [3.63, 3.8) is 0 Å². The molecule has 1 amide bonds. The first-order chi connectivity index (χ1) is 12.6. The predicted octanol–water partition coefficient (Wildman–Crippen LogP) is 4.91. The molecule has 0 radical (unpaired) electrons. The molecule has 0 fully saturated rings. The number of amides is 1. The normalized spacial score (nSPS) is 13.5. The van der Waals surface area contributed by atoms with E-state index in [9.17, 15) is 4.79 Å². The zero-order valence-corrected chi connectivity index (χ0v) is 14.9. The second-order valence-electron chi connectivity index (χ2n) is 5.74. The zero-order chi connectivity index (χ0) is 18.1. The highest BCUT2D eigenvalue weighted by molar-refractivity contribution is 6.42. The summed E-state index contributed by atoms with van der Waals surface area (Å²) in [5.41, 5.74) is 4.34. The van der Waals surface area contributed by atoms with Crippen LogP contribution < -0.4 is 5.32 Å². The lowest BCUT2D eigenvalue weighted by molar-refractivity contribution is -0.115. The van der Waals surface area contributed by atoms with Crippen molar-refractivity contribution < 1.29 is 4.79 Å². The average Bonchev–Trinajstić information content (AvgIpc) is 2.81. The molecule has 4 rings (SSSR count). The van der Waals surface area contributed by atoms with Gasteiger partial charge in [0.2, 0.25) is 5.91 Å². The highest BCUT2D eigenvalue weighted by Gasteiger charge is 2.19. The summed E-state index contributed by atoms with van der Waals surface area (Å²) in [4.78, 5) is 25.1. The Morgan fingerprint density at radius 1 is 1.00 bits per heavy atom. The Labute approximate surface area is 159 Å². The smallest absolute Gasteiger partial charge is 0.230 e. The first kappa shape index (κ1) is 16.7. The van der Waals surface area contributed by atoms with Crippen LogP contribution in [-0.2, 0) is 4.79 Å². The number of aliphatic imine (C=N–C) groups is 1. The maximum Gasteiger partial charge on any atom is 0.230 e. The van der Waals surface area contributed by atoms with Gasteiger partial charge in [-0.2, -0.15) is 0 Å². The van der Waals surface area contributed by atoms with Crippen LogP contribution in [0.3, 0.4) is 0 Å². The van der Waals surface area contributed by atoms with E-state index in [4.69, 9.17) is 23.2 Å². The molecule has 3 aromatic rings. The molecule has 1 aliphatic heterocycles. The van der Waals surface area contributed by atoms with E-state index in [2.05, 4.69) is 20.3 Å². The Hall–Kier alpha value is -2.76. The highest BCUT2D eigenvalue weighted by Crippen LogP contribution is 2.36. The van der Waals surface area contributed by atoms with Gasteiger partial charge in [-0.05, 0) is 29.8 Å². The molecule has 26 heavy (non-hydrogen) atoms. The van der Waals surface area contributed by atoms with E-state index in [0.717, 1.165) is 16.8 Å². The number of hydrogen-bond donors (Lipinski definition) is 1. The largest absolute Gasteiger partial charge is 0.324 e. The van der Waals surface area contributed by atoms with Crippen molar-refractivity contribution in [1.29, 1.82) is 0 Å². The van der Waals surface area contributed by atoms with E-state index in [-0.39, 0.29) is 12.3 Å². The van der Waals surface area contributed by atoms with Gasteiger partial charge in [0.15, 0.2) is 0 Å². The summed E-state index contributed by atoms with van der Waals surface area (Å²) in [7, 11) is 0. The van der Waals surface area contributed by atoms with Gasteiger partial charge in [0, 0.05) is 11.8 Å². The number of nitrogens with zero attached hydrogens (tertiary/aromatic N) is 3. The minimum Gasteiger partial charge on any atom is -0.324 e. The molecule has 0 saturated heterocycles. The van der Waals surface area contributed by atoms with Crippen LogP contribution in [0.5, 0.6) is 0 Å². The summed E-state index contributed by atoms with van der Waals surface area (Å²) in [6, 6.07) is 12.8. The second-order valence-corrected chi connectivity index (χ2v) is 6.56. The van der Waals surface area contributed by atoms with Crippen LogP contribution in [0.25, 0.3) is 11.3 Å². The third-order valence-electron chi connectivity index (χ3n) is 3.97. The van der Waals surface area contributed by atoms with Gasteiger partial charge in [-0.1, -0.05) is 41.4 Å². The van der Waals surface area contributed by atoms with Gasteiger partial charge >= 0.3 is 0 Å². The summed E-state index contributed by atoms with van der Waals surface area (Å²) in [6.45, 7) is 0. The number of anilines is 1. The number of aromatic nitrogens is 2. The lowest BCUT2D eigenvalue weighted by atomic mass is 10.0. The molecule has 1 N–H and O–H groups in total. The molecule has 5 nitrogen and oxygen atoms in total. The maximum absolute atomic E-state index is 12.3. The summed E-state index contributed by atoms with van der Waals surface area (Å²) in [6.07, 6.45) is 3.34. The predicted molar refractivity (Wildman–Crippen MR) is 103 cm³/mol. The van der Waals surface area contributed by atoms with Crippen molar-refractivity contribution in [2.45, 2.75) is 6.42 Å². The minimum absolute atomic E-state index is 0.150. The van der Waals surface area contributed by atoms with Crippen molar-refractivity contribution in [1.82, 2.24) is 9.97 Å². The molecule has 0 saturated carbocycles. The summed E-state index contributed by atoms with van der Waals surface area (Å²) >= 11 is 12.2. The molecule has 7 heteroatoms. The summed E-state index contributed by atoms with van der Waals surface area (Å²) < 4.78 is 0. The third-order valence-corrected chi connectivity index (χ3v) is 4.69.